The summed E-state index contributed by atoms with van der Waals surface area (Å²) in [4.78, 5) is 0. The van der Waals surface area contributed by atoms with Crippen molar-refractivity contribution >= 4 is 0 Å². The summed E-state index contributed by atoms with van der Waals surface area (Å²) < 4.78 is 21.1. The van der Waals surface area contributed by atoms with Crippen molar-refractivity contribution in [3.05, 3.63) is 18.2 Å². The van der Waals surface area contributed by atoms with E-state index >= 15 is 0 Å². The summed E-state index contributed by atoms with van der Waals surface area (Å²) >= 11 is 0. The van der Waals surface area contributed by atoms with Crippen LogP contribution < -0.4 is 14.2 Å². The lowest BCUT2D eigenvalue weighted by Gasteiger charge is -2.06. The highest BCUT2D eigenvalue weighted by Gasteiger charge is 2.25. The third-order valence-corrected chi connectivity index (χ3v) is 2.19. The third-order valence-electron chi connectivity index (χ3n) is 2.19. The van der Waals surface area contributed by atoms with Gasteiger partial charge in [-0.1, -0.05) is 6.07 Å². The third kappa shape index (κ3) is 1.37. The van der Waals surface area contributed by atoms with E-state index in [-0.39, 0.29) is 12.9 Å². The molecule has 0 amide bonds. The Morgan fingerprint density at radius 2 is 2.29 bits per heavy atom. The van der Waals surface area contributed by atoms with Crippen LogP contribution in [0, 0.1) is 0 Å². The van der Waals surface area contributed by atoms with Crippen LogP contribution >= 0.6 is 0 Å². The van der Waals surface area contributed by atoms with Crippen LogP contribution in [-0.4, -0.2) is 26.1 Å². The maximum atomic E-state index is 5.54. The molecule has 0 aliphatic carbocycles. The van der Waals surface area contributed by atoms with Gasteiger partial charge in [0.2, 0.25) is 12.5 Å². The lowest BCUT2D eigenvalue weighted by Crippen LogP contribution is -2.04. The van der Waals surface area contributed by atoms with Gasteiger partial charge in [0.25, 0.3) is 0 Å². The van der Waals surface area contributed by atoms with Crippen molar-refractivity contribution < 1.29 is 18.9 Å². The number of benzene rings is 1. The molecule has 0 spiro atoms. The fourth-order valence-corrected chi connectivity index (χ4v) is 1.36. The van der Waals surface area contributed by atoms with Crippen LogP contribution in [-0.2, 0) is 4.74 Å². The SMILES string of the molecule is c1cc2c(c(OCC3CO3)c1)OCO2. The molecule has 2 aliphatic rings. The molecule has 0 radical (unpaired) electrons. The van der Waals surface area contributed by atoms with Gasteiger partial charge in [-0.2, -0.15) is 0 Å². The highest BCUT2D eigenvalue weighted by molar-refractivity contribution is 5.52. The fraction of sp³-hybridized carbons (Fsp3) is 0.400. The zero-order valence-electron chi connectivity index (χ0n) is 7.56. The van der Waals surface area contributed by atoms with Gasteiger partial charge in [-0.3, -0.25) is 0 Å². The Balaban J connectivity index is 1.78. The van der Waals surface area contributed by atoms with Crippen LogP contribution in [0.3, 0.4) is 0 Å². The summed E-state index contributed by atoms with van der Waals surface area (Å²) in [6, 6.07) is 5.62. The van der Waals surface area contributed by atoms with Crippen LogP contribution in [0.2, 0.25) is 0 Å². The first-order valence-electron chi connectivity index (χ1n) is 4.56. The molecule has 2 aliphatic heterocycles. The smallest absolute Gasteiger partial charge is 0.231 e. The van der Waals surface area contributed by atoms with Crippen LogP contribution in [0.25, 0.3) is 0 Å². The first-order valence-corrected chi connectivity index (χ1v) is 4.56. The van der Waals surface area contributed by atoms with Gasteiger partial charge in [0.05, 0.1) is 6.61 Å². The van der Waals surface area contributed by atoms with E-state index in [0.717, 1.165) is 18.1 Å². The van der Waals surface area contributed by atoms with Gasteiger partial charge < -0.3 is 18.9 Å². The van der Waals surface area contributed by atoms with E-state index < -0.39 is 0 Å². The van der Waals surface area contributed by atoms with E-state index in [4.69, 9.17) is 18.9 Å². The molecule has 4 heteroatoms. The number of epoxide rings is 1. The number of rotatable bonds is 3. The Morgan fingerprint density at radius 1 is 1.36 bits per heavy atom. The predicted octanol–water partition coefficient (Wildman–Crippen LogP) is 1.19. The summed E-state index contributed by atoms with van der Waals surface area (Å²) in [5, 5.41) is 0. The molecular formula is C10H10O4. The highest BCUT2D eigenvalue weighted by Crippen LogP contribution is 2.40. The van der Waals surface area contributed by atoms with Gasteiger partial charge in [0, 0.05) is 0 Å². The average Bonchev–Trinajstić information content (AvgIpc) is 2.91. The Hall–Kier alpha value is -1.42. The fourth-order valence-electron chi connectivity index (χ4n) is 1.36. The molecule has 3 rings (SSSR count). The van der Waals surface area contributed by atoms with Gasteiger partial charge in [0.15, 0.2) is 11.5 Å². The quantitative estimate of drug-likeness (QED) is 0.678. The largest absolute Gasteiger partial charge is 0.487 e. The van der Waals surface area contributed by atoms with E-state index in [1.54, 1.807) is 0 Å². The number of hydrogen-bond donors (Lipinski definition) is 0. The molecule has 14 heavy (non-hydrogen) atoms. The van der Waals surface area contributed by atoms with E-state index in [9.17, 15) is 0 Å². The van der Waals surface area contributed by atoms with Crippen molar-refractivity contribution in [2.24, 2.45) is 0 Å². The molecule has 1 aromatic rings. The predicted molar refractivity (Wildman–Crippen MR) is 47.8 cm³/mol. The second-order valence-electron chi connectivity index (χ2n) is 3.26. The molecule has 1 aromatic carbocycles. The van der Waals surface area contributed by atoms with E-state index in [1.807, 2.05) is 18.2 Å². The Kier molecular flexibility index (Phi) is 1.73. The van der Waals surface area contributed by atoms with Gasteiger partial charge in [0.1, 0.15) is 12.7 Å². The van der Waals surface area contributed by atoms with E-state index in [1.165, 1.54) is 0 Å². The van der Waals surface area contributed by atoms with Crippen LogP contribution in [0.15, 0.2) is 18.2 Å². The minimum absolute atomic E-state index is 0.258. The summed E-state index contributed by atoms with van der Waals surface area (Å²) in [7, 11) is 0. The van der Waals surface area contributed by atoms with Gasteiger partial charge in [-0.15, -0.1) is 0 Å². The molecule has 1 fully saturated rings. The van der Waals surface area contributed by atoms with Gasteiger partial charge >= 0.3 is 0 Å². The standard InChI is InChI=1S/C10H10O4/c1-2-8(12-5-7-4-11-7)10-9(3-1)13-6-14-10/h1-3,7H,4-6H2. The molecule has 0 aromatic heterocycles. The molecule has 2 heterocycles. The Morgan fingerprint density at radius 3 is 3.14 bits per heavy atom. The Labute approximate surface area is 81.3 Å². The maximum Gasteiger partial charge on any atom is 0.231 e. The molecule has 0 bridgehead atoms. The van der Waals surface area contributed by atoms with Crippen molar-refractivity contribution in [1.82, 2.24) is 0 Å². The molecule has 4 nitrogen and oxygen atoms in total. The molecule has 1 atom stereocenters. The second-order valence-corrected chi connectivity index (χ2v) is 3.26. The molecule has 74 valence electrons. The molecular weight excluding hydrogens is 184 g/mol. The number of para-hydroxylation sites is 1. The van der Waals surface area contributed by atoms with Crippen molar-refractivity contribution in [3.8, 4) is 17.2 Å². The summed E-state index contributed by atoms with van der Waals surface area (Å²) in [5.74, 6) is 2.18. The van der Waals surface area contributed by atoms with Crippen molar-refractivity contribution in [2.45, 2.75) is 6.10 Å². The first kappa shape index (κ1) is 7.94. The van der Waals surface area contributed by atoms with Gasteiger partial charge in [-0.05, 0) is 12.1 Å². The van der Waals surface area contributed by atoms with E-state index in [0.29, 0.717) is 12.4 Å². The van der Waals surface area contributed by atoms with Crippen molar-refractivity contribution in [2.75, 3.05) is 20.0 Å². The molecule has 0 N–H and O–H groups in total. The Bertz CT molecular complexity index is 346. The van der Waals surface area contributed by atoms with Crippen molar-refractivity contribution in [3.63, 3.8) is 0 Å². The topological polar surface area (TPSA) is 40.2 Å². The maximum absolute atomic E-state index is 5.54. The number of ether oxygens (including phenoxy) is 4. The van der Waals surface area contributed by atoms with Crippen LogP contribution in [0.5, 0.6) is 17.2 Å². The summed E-state index contributed by atoms with van der Waals surface area (Å²) in [6.07, 6.45) is 0.258. The second kappa shape index (κ2) is 3.06. The highest BCUT2D eigenvalue weighted by atomic mass is 16.7. The lowest BCUT2D eigenvalue weighted by atomic mass is 10.3. The molecule has 1 saturated heterocycles. The zero-order valence-corrected chi connectivity index (χ0v) is 7.56. The number of fused-ring (bicyclic) bond motifs is 1. The first-order chi connectivity index (χ1) is 6.93. The molecule has 1 unspecified atom stereocenters. The normalized spacial score (nSPS) is 22.1. The average molecular weight is 194 g/mol. The van der Waals surface area contributed by atoms with Crippen LogP contribution in [0.4, 0.5) is 0 Å². The summed E-state index contributed by atoms with van der Waals surface area (Å²) in [6.45, 7) is 1.65. The molecule has 0 saturated carbocycles. The minimum atomic E-state index is 0.258. The number of hydrogen-bond acceptors (Lipinski definition) is 4. The monoisotopic (exact) mass is 194 g/mol. The zero-order chi connectivity index (χ0) is 9.38. The van der Waals surface area contributed by atoms with Crippen molar-refractivity contribution in [1.29, 1.82) is 0 Å². The van der Waals surface area contributed by atoms with Gasteiger partial charge in [-0.25, -0.2) is 0 Å². The lowest BCUT2D eigenvalue weighted by molar-refractivity contribution is 0.168. The summed E-state index contributed by atoms with van der Waals surface area (Å²) in [5.41, 5.74) is 0. The van der Waals surface area contributed by atoms with E-state index in [2.05, 4.69) is 0 Å². The minimum Gasteiger partial charge on any atom is -0.487 e. The van der Waals surface area contributed by atoms with Crippen LogP contribution in [0.1, 0.15) is 0 Å².